The fourth-order valence-electron chi connectivity index (χ4n) is 3.23. The summed E-state index contributed by atoms with van der Waals surface area (Å²) in [7, 11) is 0. The van der Waals surface area contributed by atoms with Gasteiger partial charge in [-0.05, 0) is 36.8 Å². The van der Waals surface area contributed by atoms with Crippen molar-refractivity contribution in [2.24, 2.45) is 0 Å². The van der Waals surface area contributed by atoms with Crippen molar-refractivity contribution in [1.82, 2.24) is 9.80 Å². The van der Waals surface area contributed by atoms with Crippen molar-refractivity contribution in [1.29, 1.82) is 0 Å². The van der Waals surface area contributed by atoms with Crippen molar-refractivity contribution >= 4 is 17.8 Å². The second kappa shape index (κ2) is 8.98. The Bertz CT molecular complexity index is 996. The molecule has 3 rings (SSSR count). The number of carbonyl (C=O) groups is 3. The lowest BCUT2D eigenvalue weighted by atomic mass is 10.1. The smallest absolute Gasteiger partial charge is 0.308 e. The molecule has 1 saturated heterocycles. The van der Waals surface area contributed by atoms with Gasteiger partial charge in [-0.2, -0.15) is 0 Å². The first-order valence-corrected chi connectivity index (χ1v) is 9.28. The standard InChI is InChI=1S/C21H19F3N2O4/c1-13(27)30-15-5-2-4-14(12-15)20(28)25-8-3-9-26(11-10-25)21(29)16-6-7-17(22)19(24)18(16)23/h2,4-7,12H,3,8-11H2,1H3. The molecular formula is C21H19F3N2O4. The first kappa shape index (κ1) is 21.4. The Labute approximate surface area is 170 Å². The molecule has 9 heteroatoms. The third kappa shape index (κ3) is 4.61. The number of halogens is 3. The van der Waals surface area contributed by atoms with E-state index in [-0.39, 0.29) is 31.3 Å². The van der Waals surface area contributed by atoms with Gasteiger partial charge in [0.1, 0.15) is 5.75 Å². The molecule has 1 fully saturated rings. The van der Waals surface area contributed by atoms with Crippen molar-refractivity contribution in [3.63, 3.8) is 0 Å². The molecule has 2 aromatic rings. The number of nitrogens with zero attached hydrogens (tertiary/aromatic N) is 2. The van der Waals surface area contributed by atoms with Gasteiger partial charge in [-0.1, -0.05) is 6.07 Å². The lowest BCUT2D eigenvalue weighted by Crippen LogP contribution is -2.37. The van der Waals surface area contributed by atoms with Gasteiger partial charge in [0, 0.05) is 38.7 Å². The molecule has 158 valence electrons. The van der Waals surface area contributed by atoms with E-state index in [1.54, 1.807) is 18.2 Å². The highest BCUT2D eigenvalue weighted by molar-refractivity contribution is 5.96. The summed E-state index contributed by atoms with van der Waals surface area (Å²) in [5, 5.41) is 0. The zero-order valence-corrected chi connectivity index (χ0v) is 16.2. The van der Waals surface area contributed by atoms with Crippen LogP contribution in [0.5, 0.6) is 5.75 Å². The van der Waals surface area contributed by atoms with E-state index >= 15 is 0 Å². The summed E-state index contributed by atoms with van der Waals surface area (Å²) in [5.41, 5.74) is -0.233. The van der Waals surface area contributed by atoms with E-state index in [9.17, 15) is 27.6 Å². The van der Waals surface area contributed by atoms with Crippen LogP contribution in [0.3, 0.4) is 0 Å². The van der Waals surface area contributed by atoms with Gasteiger partial charge < -0.3 is 14.5 Å². The van der Waals surface area contributed by atoms with E-state index in [2.05, 4.69) is 0 Å². The van der Waals surface area contributed by atoms with E-state index in [0.29, 0.717) is 24.6 Å². The predicted molar refractivity (Wildman–Crippen MR) is 100 cm³/mol. The van der Waals surface area contributed by atoms with E-state index < -0.39 is 34.9 Å². The van der Waals surface area contributed by atoms with E-state index in [0.717, 1.165) is 6.07 Å². The summed E-state index contributed by atoms with van der Waals surface area (Å²) in [6.45, 7) is 2.11. The minimum Gasteiger partial charge on any atom is -0.427 e. The van der Waals surface area contributed by atoms with Gasteiger partial charge in [-0.15, -0.1) is 0 Å². The number of esters is 1. The molecule has 0 bridgehead atoms. The molecule has 0 radical (unpaired) electrons. The quantitative estimate of drug-likeness (QED) is 0.435. The van der Waals surface area contributed by atoms with Gasteiger partial charge in [-0.25, -0.2) is 13.2 Å². The molecule has 1 aliphatic heterocycles. The largest absolute Gasteiger partial charge is 0.427 e. The number of hydrogen-bond donors (Lipinski definition) is 0. The Hall–Kier alpha value is -3.36. The van der Waals surface area contributed by atoms with Gasteiger partial charge >= 0.3 is 5.97 Å². The first-order chi connectivity index (χ1) is 14.3. The molecule has 2 aromatic carbocycles. The second-order valence-corrected chi connectivity index (χ2v) is 6.78. The monoisotopic (exact) mass is 420 g/mol. The molecule has 1 aliphatic rings. The van der Waals surface area contributed by atoms with Crippen LogP contribution in [-0.2, 0) is 4.79 Å². The maximum absolute atomic E-state index is 14.0. The lowest BCUT2D eigenvalue weighted by Gasteiger charge is -2.22. The minimum atomic E-state index is -1.69. The van der Waals surface area contributed by atoms with Crippen LogP contribution in [0.4, 0.5) is 13.2 Å². The third-order valence-electron chi connectivity index (χ3n) is 4.68. The van der Waals surface area contributed by atoms with E-state index in [4.69, 9.17) is 4.74 Å². The Morgan fingerprint density at radius 2 is 1.53 bits per heavy atom. The maximum Gasteiger partial charge on any atom is 0.308 e. The summed E-state index contributed by atoms with van der Waals surface area (Å²) in [6.07, 6.45) is 0.423. The molecule has 0 aliphatic carbocycles. The number of ether oxygens (including phenoxy) is 1. The van der Waals surface area contributed by atoms with E-state index in [1.165, 1.54) is 22.8 Å². The van der Waals surface area contributed by atoms with Crippen LogP contribution in [0.1, 0.15) is 34.1 Å². The SMILES string of the molecule is CC(=O)Oc1cccc(C(=O)N2CCCN(C(=O)c3ccc(F)c(F)c3F)CC2)c1. The van der Waals surface area contributed by atoms with Gasteiger partial charge in [0.2, 0.25) is 0 Å². The van der Waals surface area contributed by atoms with Crippen LogP contribution in [0.2, 0.25) is 0 Å². The van der Waals surface area contributed by atoms with Crippen molar-refractivity contribution in [2.75, 3.05) is 26.2 Å². The van der Waals surface area contributed by atoms with Crippen LogP contribution in [-0.4, -0.2) is 53.8 Å². The Morgan fingerprint density at radius 1 is 0.867 bits per heavy atom. The normalized spacial score (nSPS) is 14.3. The molecule has 0 saturated carbocycles. The highest BCUT2D eigenvalue weighted by atomic mass is 19.2. The van der Waals surface area contributed by atoms with Gasteiger partial charge in [0.05, 0.1) is 5.56 Å². The first-order valence-electron chi connectivity index (χ1n) is 9.28. The predicted octanol–water partition coefficient (Wildman–Crippen LogP) is 3.02. The summed E-state index contributed by atoms with van der Waals surface area (Å²) in [5.74, 6) is -5.93. The van der Waals surface area contributed by atoms with Crippen LogP contribution < -0.4 is 4.74 Å². The minimum absolute atomic E-state index is 0.104. The molecule has 1 heterocycles. The summed E-state index contributed by atoms with van der Waals surface area (Å²) < 4.78 is 45.5. The topological polar surface area (TPSA) is 66.9 Å². The molecule has 0 aromatic heterocycles. The maximum atomic E-state index is 14.0. The zero-order valence-electron chi connectivity index (χ0n) is 16.2. The Morgan fingerprint density at radius 3 is 2.20 bits per heavy atom. The zero-order chi connectivity index (χ0) is 21.8. The number of carbonyl (C=O) groups excluding carboxylic acids is 3. The van der Waals surface area contributed by atoms with E-state index in [1.807, 2.05) is 0 Å². The molecule has 30 heavy (non-hydrogen) atoms. The fraction of sp³-hybridized carbons (Fsp3) is 0.286. The molecule has 0 spiro atoms. The Balaban J connectivity index is 1.70. The van der Waals surface area contributed by atoms with Gasteiger partial charge in [0.25, 0.3) is 11.8 Å². The molecule has 0 atom stereocenters. The van der Waals surface area contributed by atoms with Gasteiger partial charge in [-0.3, -0.25) is 14.4 Å². The van der Waals surface area contributed by atoms with Gasteiger partial charge in [0.15, 0.2) is 17.5 Å². The van der Waals surface area contributed by atoms with Crippen molar-refractivity contribution in [2.45, 2.75) is 13.3 Å². The molecule has 0 N–H and O–H groups in total. The highest BCUT2D eigenvalue weighted by Crippen LogP contribution is 2.19. The average Bonchev–Trinajstić information content (AvgIpc) is 2.97. The van der Waals surface area contributed by atoms with Crippen LogP contribution in [0, 0.1) is 17.5 Å². The number of benzene rings is 2. The van der Waals surface area contributed by atoms with Crippen LogP contribution in [0.25, 0.3) is 0 Å². The second-order valence-electron chi connectivity index (χ2n) is 6.78. The molecular weight excluding hydrogens is 401 g/mol. The molecule has 0 unspecified atom stereocenters. The highest BCUT2D eigenvalue weighted by Gasteiger charge is 2.27. The van der Waals surface area contributed by atoms with Crippen LogP contribution in [0.15, 0.2) is 36.4 Å². The van der Waals surface area contributed by atoms with Crippen LogP contribution >= 0.6 is 0 Å². The molecule has 6 nitrogen and oxygen atoms in total. The lowest BCUT2D eigenvalue weighted by molar-refractivity contribution is -0.131. The fourth-order valence-corrected chi connectivity index (χ4v) is 3.23. The number of amides is 2. The van der Waals surface area contributed by atoms with Crippen molar-refractivity contribution in [3.05, 3.63) is 65.0 Å². The number of rotatable bonds is 3. The summed E-state index contributed by atoms with van der Waals surface area (Å²) in [4.78, 5) is 39.3. The van der Waals surface area contributed by atoms with Crippen molar-refractivity contribution in [3.8, 4) is 5.75 Å². The number of hydrogen-bond acceptors (Lipinski definition) is 4. The Kier molecular flexibility index (Phi) is 6.39. The average molecular weight is 420 g/mol. The third-order valence-corrected chi connectivity index (χ3v) is 4.68. The summed E-state index contributed by atoms with van der Waals surface area (Å²) in [6, 6.07) is 7.79. The van der Waals surface area contributed by atoms with Crippen molar-refractivity contribution < 1.29 is 32.3 Å². The molecule has 2 amide bonds. The summed E-state index contributed by atoms with van der Waals surface area (Å²) >= 11 is 0.